The molecule has 0 aliphatic heterocycles. The van der Waals surface area contributed by atoms with Gasteiger partial charge in [-0.3, -0.25) is 30.3 Å². The van der Waals surface area contributed by atoms with E-state index in [1.54, 1.807) is 0 Å². The van der Waals surface area contributed by atoms with Gasteiger partial charge in [0, 0.05) is 27.6 Å². The van der Waals surface area contributed by atoms with Crippen molar-refractivity contribution in [2.75, 3.05) is 0 Å². The SMILES string of the molecule is CCC(O)C(CC(O)C(CC(O)C(CCCCCCCC=O)[N+](=O)[O-])[N+](=O)[O-])[N+](=O)[O-]. The molecule has 6 atom stereocenters. The van der Waals surface area contributed by atoms with E-state index in [4.69, 9.17) is 0 Å². The van der Waals surface area contributed by atoms with E-state index in [0.29, 0.717) is 19.3 Å². The third-order valence-electron chi connectivity index (χ3n) is 5.35. The summed E-state index contributed by atoms with van der Waals surface area (Å²) in [4.78, 5) is 41.5. The number of nitro groups is 3. The summed E-state index contributed by atoms with van der Waals surface area (Å²) in [6, 6.07) is -4.96. The van der Waals surface area contributed by atoms with E-state index in [2.05, 4.69) is 0 Å². The lowest BCUT2D eigenvalue weighted by atomic mass is 9.92. The van der Waals surface area contributed by atoms with Crippen LogP contribution in [-0.4, -0.2) is 72.8 Å². The number of unbranched alkanes of at least 4 members (excludes halogenated alkanes) is 5. The maximum absolute atomic E-state index is 11.4. The van der Waals surface area contributed by atoms with E-state index in [1.165, 1.54) is 6.92 Å². The molecule has 0 rings (SSSR count). The molecule has 0 aliphatic carbocycles. The number of hydrogen-bond acceptors (Lipinski definition) is 10. The largest absolute Gasteiger partial charge is 0.386 e. The topological polar surface area (TPSA) is 207 Å². The highest BCUT2D eigenvalue weighted by Gasteiger charge is 2.42. The number of hydrogen-bond donors (Lipinski definition) is 3. The van der Waals surface area contributed by atoms with Gasteiger partial charge in [0.25, 0.3) is 0 Å². The number of rotatable bonds is 19. The van der Waals surface area contributed by atoms with Gasteiger partial charge in [0.1, 0.15) is 24.6 Å². The van der Waals surface area contributed by atoms with E-state index in [1.807, 2.05) is 0 Å². The monoisotopic (exact) mass is 451 g/mol. The highest BCUT2D eigenvalue weighted by atomic mass is 16.6. The van der Waals surface area contributed by atoms with Crippen LogP contribution in [0.1, 0.15) is 71.1 Å². The van der Waals surface area contributed by atoms with Gasteiger partial charge in [-0.15, -0.1) is 0 Å². The summed E-state index contributed by atoms with van der Waals surface area (Å²) in [7, 11) is 0. The summed E-state index contributed by atoms with van der Waals surface area (Å²) in [5.41, 5.74) is 0. The number of nitrogens with zero attached hydrogens (tertiary/aromatic N) is 3. The van der Waals surface area contributed by atoms with Crippen molar-refractivity contribution in [3.8, 4) is 0 Å². The number of carbonyl (C=O) groups excluding carboxylic acids is 1. The lowest BCUT2D eigenvalue weighted by Gasteiger charge is -2.23. The molecule has 6 unspecified atom stereocenters. The number of aliphatic hydroxyl groups is 3. The fourth-order valence-electron chi connectivity index (χ4n) is 3.40. The molecule has 3 N–H and O–H groups in total. The molecule has 0 aromatic heterocycles. The Kier molecular flexibility index (Phi) is 14.4. The number of carbonyl (C=O) groups is 1. The summed E-state index contributed by atoms with van der Waals surface area (Å²) in [5.74, 6) is 0. The summed E-state index contributed by atoms with van der Waals surface area (Å²) >= 11 is 0. The zero-order chi connectivity index (χ0) is 24.0. The molecule has 0 aromatic rings. The van der Waals surface area contributed by atoms with Crippen molar-refractivity contribution < 1.29 is 34.9 Å². The first-order valence-corrected chi connectivity index (χ1v) is 10.4. The van der Waals surface area contributed by atoms with Crippen LogP contribution >= 0.6 is 0 Å². The van der Waals surface area contributed by atoms with Crippen molar-refractivity contribution in [3.05, 3.63) is 30.3 Å². The smallest absolute Gasteiger partial charge is 0.241 e. The van der Waals surface area contributed by atoms with Gasteiger partial charge < -0.3 is 20.1 Å². The van der Waals surface area contributed by atoms with Crippen LogP contribution in [-0.2, 0) is 4.79 Å². The highest BCUT2D eigenvalue weighted by Crippen LogP contribution is 2.20. The maximum Gasteiger partial charge on any atom is 0.241 e. The van der Waals surface area contributed by atoms with Crippen LogP contribution in [0.15, 0.2) is 0 Å². The Morgan fingerprint density at radius 3 is 1.58 bits per heavy atom. The van der Waals surface area contributed by atoms with Gasteiger partial charge in [-0.2, -0.15) is 0 Å². The Morgan fingerprint density at radius 2 is 1.13 bits per heavy atom. The van der Waals surface area contributed by atoms with Crippen LogP contribution in [0.25, 0.3) is 0 Å². The van der Waals surface area contributed by atoms with E-state index in [0.717, 1.165) is 25.5 Å². The first-order valence-electron chi connectivity index (χ1n) is 10.4. The molecular formula is C18H33N3O10. The highest BCUT2D eigenvalue weighted by molar-refractivity contribution is 5.48. The fourth-order valence-corrected chi connectivity index (χ4v) is 3.40. The van der Waals surface area contributed by atoms with Gasteiger partial charge in [0.05, 0.1) is 12.8 Å². The average molecular weight is 451 g/mol. The van der Waals surface area contributed by atoms with Crippen LogP contribution < -0.4 is 0 Å². The van der Waals surface area contributed by atoms with E-state index < -0.39 is 64.0 Å². The molecule has 0 radical (unpaired) electrons. The predicted octanol–water partition coefficient (Wildman–Crippen LogP) is 1.12. The molecular weight excluding hydrogens is 418 g/mol. The second-order valence-electron chi connectivity index (χ2n) is 7.65. The van der Waals surface area contributed by atoms with Crippen molar-refractivity contribution in [2.24, 2.45) is 0 Å². The Labute approximate surface area is 179 Å². The van der Waals surface area contributed by atoms with Crippen molar-refractivity contribution >= 4 is 6.29 Å². The van der Waals surface area contributed by atoms with Crippen LogP contribution in [0.2, 0.25) is 0 Å². The van der Waals surface area contributed by atoms with E-state index >= 15 is 0 Å². The second kappa shape index (κ2) is 15.5. The van der Waals surface area contributed by atoms with Gasteiger partial charge in [0.2, 0.25) is 18.1 Å². The molecule has 0 saturated heterocycles. The zero-order valence-electron chi connectivity index (χ0n) is 17.7. The first-order chi connectivity index (χ1) is 14.6. The molecule has 0 heterocycles. The van der Waals surface area contributed by atoms with E-state index in [9.17, 15) is 50.5 Å². The molecule has 13 nitrogen and oxygen atoms in total. The number of aliphatic hydroxyl groups excluding tert-OH is 3. The first kappa shape index (κ1) is 28.8. The standard InChI is InChI=1S/C18H33N3O10/c1-2-16(23)14(20(28)29)11-18(25)15(21(30)31)12-17(24)13(19(26)27)9-7-5-3-4-6-8-10-22/h10,13-18,23-25H,2-9,11-12H2,1H3. The Balaban J connectivity index is 4.94. The summed E-state index contributed by atoms with van der Waals surface area (Å²) < 4.78 is 0. The van der Waals surface area contributed by atoms with Crippen LogP contribution in [0.3, 0.4) is 0 Å². The fraction of sp³-hybridized carbons (Fsp3) is 0.944. The lowest BCUT2D eigenvalue weighted by molar-refractivity contribution is -0.562. The van der Waals surface area contributed by atoms with Gasteiger partial charge in [-0.1, -0.05) is 26.2 Å². The van der Waals surface area contributed by atoms with Crippen LogP contribution in [0, 0.1) is 30.3 Å². The zero-order valence-corrected chi connectivity index (χ0v) is 17.7. The molecule has 0 aliphatic rings. The normalized spacial score (nSPS) is 17.2. The molecule has 180 valence electrons. The summed E-state index contributed by atoms with van der Waals surface area (Å²) in [6.07, 6.45) is -1.90. The summed E-state index contributed by atoms with van der Waals surface area (Å²) in [5, 5.41) is 63.9. The Morgan fingerprint density at radius 1 is 0.710 bits per heavy atom. The lowest BCUT2D eigenvalue weighted by Crippen LogP contribution is -2.46. The minimum atomic E-state index is -1.87. The quantitative estimate of drug-likeness (QED) is 0.110. The molecule has 0 saturated carbocycles. The molecule has 31 heavy (non-hydrogen) atoms. The molecule has 0 amide bonds. The number of aldehydes is 1. The Bertz CT molecular complexity index is 577. The van der Waals surface area contributed by atoms with Crippen molar-refractivity contribution in [3.63, 3.8) is 0 Å². The molecule has 0 bridgehead atoms. The minimum absolute atomic E-state index is 0.00264. The average Bonchev–Trinajstić information content (AvgIpc) is 2.70. The molecule has 0 aromatic carbocycles. The molecule has 13 heteroatoms. The second-order valence-corrected chi connectivity index (χ2v) is 7.65. The molecule has 0 spiro atoms. The van der Waals surface area contributed by atoms with Gasteiger partial charge >= 0.3 is 0 Å². The van der Waals surface area contributed by atoms with Crippen molar-refractivity contribution in [2.45, 2.75) is 108 Å². The van der Waals surface area contributed by atoms with Crippen molar-refractivity contribution in [1.82, 2.24) is 0 Å². The van der Waals surface area contributed by atoms with Crippen LogP contribution in [0.5, 0.6) is 0 Å². The van der Waals surface area contributed by atoms with E-state index in [-0.39, 0.29) is 12.8 Å². The minimum Gasteiger partial charge on any atom is -0.386 e. The molecule has 0 fully saturated rings. The van der Waals surface area contributed by atoms with Gasteiger partial charge in [0.15, 0.2) is 0 Å². The maximum atomic E-state index is 11.4. The summed E-state index contributed by atoms with van der Waals surface area (Å²) in [6.45, 7) is 1.48. The van der Waals surface area contributed by atoms with Crippen molar-refractivity contribution in [1.29, 1.82) is 0 Å². The van der Waals surface area contributed by atoms with Gasteiger partial charge in [-0.05, 0) is 19.3 Å². The predicted molar refractivity (Wildman–Crippen MR) is 108 cm³/mol. The third-order valence-corrected chi connectivity index (χ3v) is 5.35. The Hall–Kier alpha value is -2.25. The van der Waals surface area contributed by atoms with Crippen LogP contribution in [0.4, 0.5) is 0 Å². The third kappa shape index (κ3) is 11.1. The van der Waals surface area contributed by atoms with Gasteiger partial charge in [-0.25, -0.2) is 0 Å².